The van der Waals surface area contributed by atoms with Gasteiger partial charge in [0.15, 0.2) is 0 Å². The number of aliphatic hydroxyl groups excluding tert-OH is 1. The molecule has 5 nitrogen and oxygen atoms in total. The molecule has 0 aliphatic heterocycles. The van der Waals surface area contributed by atoms with Crippen LogP contribution >= 0.6 is 15.9 Å². The number of pyridine rings is 1. The summed E-state index contributed by atoms with van der Waals surface area (Å²) in [5, 5.41) is 14.6. The quantitative estimate of drug-likeness (QED) is 0.935. The molecule has 19 heavy (non-hydrogen) atoms. The van der Waals surface area contributed by atoms with Gasteiger partial charge in [-0.3, -0.25) is 4.68 Å². The van der Waals surface area contributed by atoms with Gasteiger partial charge in [-0.1, -0.05) is 0 Å². The first-order chi connectivity index (χ1) is 9.02. The summed E-state index contributed by atoms with van der Waals surface area (Å²) >= 11 is 3.49. The van der Waals surface area contributed by atoms with Gasteiger partial charge in [-0.15, -0.1) is 0 Å². The van der Waals surface area contributed by atoms with E-state index >= 15 is 0 Å². The fourth-order valence-corrected chi connectivity index (χ4v) is 2.41. The fourth-order valence-electron chi connectivity index (χ4n) is 1.91. The summed E-state index contributed by atoms with van der Waals surface area (Å²) in [5.41, 5.74) is 2.63. The van der Waals surface area contributed by atoms with Crippen molar-refractivity contribution in [3.05, 3.63) is 39.8 Å². The maximum Gasteiger partial charge on any atom is 0.212 e. The number of nitrogens with zero attached hydrogens (tertiary/aromatic N) is 3. The Morgan fingerprint density at radius 3 is 2.68 bits per heavy atom. The van der Waals surface area contributed by atoms with E-state index in [-0.39, 0.29) is 0 Å². The van der Waals surface area contributed by atoms with Crippen LogP contribution in [0.15, 0.2) is 22.8 Å². The van der Waals surface area contributed by atoms with Crippen molar-refractivity contribution in [2.24, 2.45) is 7.05 Å². The Bertz CT molecular complexity index is 566. The largest absolute Gasteiger partial charge is 0.481 e. The molecule has 0 saturated carbocycles. The highest BCUT2D eigenvalue weighted by atomic mass is 79.9. The molecular weight excluding hydrogens is 310 g/mol. The first-order valence-electron chi connectivity index (χ1n) is 5.89. The maximum atomic E-state index is 10.3. The zero-order chi connectivity index (χ0) is 14.0. The molecule has 1 unspecified atom stereocenters. The lowest BCUT2D eigenvalue weighted by molar-refractivity contribution is 0.175. The van der Waals surface area contributed by atoms with Gasteiger partial charge >= 0.3 is 0 Å². The van der Waals surface area contributed by atoms with Gasteiger partial charge in [-0.05, 0) is 34.5 Å². The van der Waals surface area contributed by atoms with E-state index in [1.807, 2.05) is 20.0 Å². The third-order valence-electron chi connectivity index (χ3n) is 3.00. The lowest BCUT2D eigenvalue weighted by atomic mass is 10.1. The van der Waals surface area contributed by atoms with Crippen molar-refractivity contribution in [3.63, 3.8) is 0 Å². The number of methoxy groups -OCH3 is 1. The van der Waals surface area contributed by atoms with Crippen LogP contribution in [0.2, 0.25) is 0 Å². The summed E-state index contributed by atoms with van der Waals surface area (Å²) in [6, 6.07) is 3.55. The number of halogens is 1. The Morgan fingerprint density at radius 1 is 1.47 bits per heavy atom. The van der Waals surface area contributed by atoms with Gasteiger partial charge < -0.3 is 9.84 Å². The van der Waals surface area contributed by atoms with Crippen LogP contribution in [0, 0.1) is 6.92 Å². The predicted octanol–water partition coefficient (Wildman–Crippen LogP) is 2.17. The second kappa shape index (κ2) is 5.71. The number of hydrogen-bond acceptors (Lipinski definition) is 4. The number of aryl methyl sites for hydroxylation is 2. The lowest BCUT2D eigenvalue weighted by Gasteiger charge is -2.11. The SMILES string of the molecule is COc1ccc(C(O)Cc2c(Br)c(C)nn2C)cn1. The van der Waals surface area contributed by atoms with Crippen LogP contribution in [-0.2, 0) is 13.5 Å². The summed E-state index contributed by atoms with van der Waals surface area (Å²) in [4.78, 5) is 4.09. The second-order valence-corrected chi connectivity index (χ2v) is 5.12. The summed E-state index contributed by atoms with van der Waals surface area (Å²) in [6.07, 6.45) is 1.48. The number of aliphatic hydroxyl groups is 1. The Labute approximate surface area is 120 Å². The van der Waals surface area contributed by atoms with Crippen LogP contribution in [0.1, 0.15) is 23.1 Å². The molecule has 2 heterocycles. The standard InChI is InChI=1S/C13H16BrN3O2/c1-8-13(14)10(17(2)16-8)6-11(18)9-4-5-12(19-3)15-7-9/h4-5,7,11,18H,6H2,1-3H3. The fraction of sp³-hybridized carbons (Fsp3) is 0.385. The van der Waals surface area contributed by atoms with Gasteiger partial charge in [-0.2, -0.15) is 5.10 Å². The summed E-state index contributed by atoms with van der Waals surface area (Å²) in [6.45, 7) is 1.93. The highest BCUT2D eigenvalue weighted by Crippen LogP contribution is 2.26. The van der Waals surface area contributed by atoms with Crippen molar-refractivity contribution in [2.45, 2.75) is 19.4 Å². The first-order valence-corrected chi connectivity index (χ1v) is 6.68. The Balaban J connectivity index is 2.17. The highest BCUT2D eigenvalue weighted by molar-refractivity contribution is 9.10. The topological polar surface area (TPSA) is 60.2 Å². The van der Waals surface area contributed by atoms with Crippen molar-refractivity contribution < 1.29 is 9.84 Å². The molecule has 0 radical (unpaired) electrons. The predicted molar refractivity (Wildman–Crippen MR) is 75.1 cm³/mol. The van der Waals surface area contributed by atoms with E-state index in [1.54, 1.807) is 24.1 Å². The molecule has 2 aromatic rings. The van der Waals surface area contributed by atoms with Crippen molar-refractivity contribution in [3.8, 4) is 5.88 Å². The van der Waals surface area contributed by atoms with Gasteiger partial charge in [0.25, 0.3) is 0 Å². The molecule has 1 atom stereocenters. The Hall–Kier alpha value is -1.40. The third-order valence-corrected chi connectivity index (χ3v) is 4.03. The first kappa shape index (κ1) is 14.0. The molecule has 0 aliphatic rings. The summed E-state index contributed by atoms with van der Waals surface area (Å²) < 4.78 is 7.71. The lowest BCUT2D eigenvalue weighted by Crippen LogP contribution is -2.07. The smallest absolute Gasteiger partial charge is 0.212 e. The maximum absolute atomic E-state index is 10.3. The molecule has 6 heteroatoms. The molecule has 2 aromatic heterocycles. The molecule has 0 spiro atoms. The average molecular weight is 326 g/mol. The molecule has 0 bridgehead atoms. The zero-order valence-electron chi connectivity index (χ0n) is 11.1. The van der Waals surface area contributed by atoms with Gasteiger partial charge in [0.2, 0.25) is 5.88 Å². The molecule has 102 valence electrons. The van der Waals surface area contributed by atoms with Gasteiger partial charge in [0, 0.05) is 25.7 Å². The monoisotopic (exact) mass is 325 g/mol. The van der Waals surface area contributed by atoms with Crippen molar-refractivity contribution in [1.29, 1.82) is 0 Å². The molecule has 1 N–H and O–H groups in total. The van der Waals surface area contributed by atoms with E-state index in [0.29, 0.717) is 12.3 Å². The minimum Gasteiger partial charge on any atom is -0.481 e. The van der Waals surface area contributed by atoms with Crippen molar-refractivity contribution >= 4 is 15.9 Å². The Morgan fingerprint density at radius 2 is 2.21 bits per heavy atom. The normalized spacial score (nSPS) is 12.5. The minimum atomic E-state index is -0.621. The van der Waals surface area contributed by atoms with Crippen molar-refractivity contribution in [1.82, 2.24) is 14.8 Å². The highest BCUT2D eigenvalue weighted by Gasteiger charge is 2.16. The molecule has 0 amide bonds. The minimum absolute atomic E-state index is 0.478. The van der Waals surface area contributed by atoms with Crippen LogP contribution < -0.4 is 4.74 Å². The molecule has 2 rings (SSSR count). The number of hydrogen-bond donors (Lipinski definition) is 1. The Kier molecular flexibility index (Phi) is 4.21. The number of rotatable bonds is 4. The molecule has 0 saturated heterocycles. The second-order valence-electron chi connectivity index (χ2n) is 4.32. The zero-order valence-corrected chi connectivity index (χ0v) is 12.7. The van der Waals surface area contributed by atoms with E-state index in [4.69, 9.17) is 4.74 Å². The third kappa shape index (κ3) is 2.96. The number of aromatic nitrogens is 3. The molecular formula is C13H16BrN3O2. The van der Waals surface area contributed by atoms with Crippen LogP contribution in [0.5, 0.6) is 5.88 Å². The van der Waals surface area contributed by atoms with Gasteiger partial charge in [0.1, 0.15) is 0 Å². The average Bonchev–Trinajstić information content (AvgIpc) is 2.65. The van der Waals surface area contributed by atoms with Gasteiger partial charge in [0.05, 0.1) is 29.1 Å². The van der Waals surface area contributed by atoms with E-state index in [9.17, 15) is 5.11 Å². The van der Waals surface area contributed by atoms with Crippen LogP contribution in [0.25, 0.3) is 0 Å². The van der Waals surface area contributed by atoms with Crippen LogP contribution in [0.4, 0.5) is 0 Å². The van der Waals surface area contributed by atoms with E-state index in [1.165, 1.54) is 0 Å². The summed E-state index contributed by atoms with van der Waals surface area (Å²) in [5.74, 6) is 0.536. The van der Waals surface area contributed by atoms with E-state index in [0.717, 1.165) is 21.4 Å². The van der Waals surface area contributed by atoms with E-state index in [2.05, 4.69) is 26.0 Å². The summed E-state index contributed by atoms with van der Waals surface area (Å²) in [7, 11) is 3.43. The molecule has 0 aliphatic carbocycles. The van der Waals surface area contributed by atoms with Crippen molar-refractivity contribution in [2.75, 3.05) is 7.11 Å². The van der Waals surface area contributed by atoms with Gasteiger partial charge in [-0.25, -0.2) is 4.98 Å². The van der Waals surface area contributed by atoms with Crippen LogP contribution in [0.3, 0.4) is 0 Å². The molecule has 0 fully saturated rings. The molecule has 0 aromatic carbocycles. The van der Waals surface area contributed by atoms with Crippen LogP contribution in [-0.4, -0.2) is 27.0 Å². The van der Waals surface area contributed by atoms with E-state index < -0.39 is 6.10 Å². The number of ether oxygens (including phenoxy) is 1.